The first kappa shape index (κ1) is 17.0. The molecule has 3 rings (SSSR count). The smallest absolute Gasteiger partial charge is 0.337 e. The van der Waals surface area contributed by atoms with Crippen molar-refractivity contribution in [1.29, 1.82) is 0 Å². The molecule has 0 aliphatic heterocycles. The third-order valence-corrected chi connectivity index (χ3v) is 4.86. The SMILES string of the molecule is COC(=O)c1cccc(-c2cc(-c3ccc(OC)c(OC)c3)cs2)c1. The van der Waals surface area contributed by atoms with Crippen LogP contribution in [0.2, 0.25) is 0 Å². The van der Waals surface area contributed by atoms with E-state index in [-0.39, 0.29) is 5.97 Å². The molecule has 0 bridgehead atoms. The second kappa shape index (κ2) is 7.40. The number of methoxy groups -OCH3 is 3. The van der Waals surface area contributed by atoms with Crippen molar-refractivity contribution in [3.8, 4) is 33.1 Å². The molecule has 5 heteroatoms. The van der Waals surface area contributed by atoms with Gasteiger partial charge in [-0.1, -0.05) is 18.2 Å². The molecule has 0 N–H and O–H groups in total. The normalized spacial score (nSPS) is 10.4. The lowest BCUT2D eigenvalue weighted by molar-refractivity contribution is 0.0601. The van der Waals surface area contributed by atoms with Crippen LogP contribution < -0.4 is 9.47 Å². The Kier molecular flexibility index (Phi) is 5.05. The van der Waals surface area contributed by atoms with Crippen molar-refractivity contribution < 1.29 is 19.0 Å². The van der Waals surface area contributed by atoms with E-state index < -0.39 is 0 Å². The minimum absolute atomic E-state index is 0.335. The van der Waals surface area contributed by atoms with E-state index in [4.69, 9.17) is 14.2 Å². The number of benzene rings is 2. The van der Waals surface area contributed by atoms with E-state index in [9.17, 15) is 4.79 Å². The molecule has 3 aromatic rings. The Bertz CT molecular complexity index is 898. The van der Waals surface area contributed by atoms with Crippen LogP contribution in [0.1, 0.15) is 10.4 Å². The summed E-state index contributed by atoms with van der Waals surface area (Å²) < 4.78 is 15.4. The summed E-state index contributed by atoms with van der Waals surface area (Å²) >= 11 is 1.62. The van der Waals surface area contributed by atoms with E-state index in [2.05, 4.69) is 11.4 Å². The van der Waals surface area contributed by atoms with E-state index in [1.807, 2.05) is 36.4 Å². The van der Waals surface area contributed by atoms with E-state index in [1.165, 1.54) is 7.11 Å². The quantitative estimate of drug-likeness (QED) is 0.612. The maximum absolute atomic E-state index is 11.7. The fourth-order valence-corrected chi connectivity index (χ4v) is 3.49. The van der Waals surface area contributed by atoms with Gasteiger partial charge in [0.2, 0.25) is 0 Å². The molecule has 2 aromatic carbocycles. The molecule has 0 aliphatic carbocycles. The van der Waals surface area contributed by atoms with Crippen molar-refractivity contribution in [2.24, 2.45) is 0 Å². The molecule has 0 fully saturated rings. The maximum atomic E-state index is 11.7. The van der Waals surface area contributed by atoms with Crippen LogP contribution in [0.15, 0.2) is 53.9 Å². The van der Waals surface area contributed by atoms with E-state index in [1.54, 1.807) is 31.6 Å². The highest BCUT2D eigenvalue weighted by Gasteiger charge is 2.11. The lowest BCUT2D eigenvalue weighted by Gasteiger charge is -2.08. The van der Waals surface area contributed by atoms with Crippen LogP contribution in [-0.4, -0.2) is 27.3 Å². The van der Waals surface area contributed by atoms with Crippen LogP contribution in [0.5, 0.6) is 11.5 Å². The molecule has 0 aliphatic rings. The molecule has 1 aromatic heterocycles. The fraction of sp³-hybridized carbons (Fsp3) is 0.150. The molecule has 0 saturated carbocycles. The van der Waals surface area contributed by atoms with Gasteiger partial charge in [-0.25, -0.2) is 4.79 Å². The average Bonchev–Trinajstić information content (AvgIpc) is 3.17. The van der Waals surface area contributed by atoms with Crippen molar-refractivity contribution in [2.75, 3.05) is 21.3 Å². The molecule has 0 saturated heterocycles. The first-order valence-electron chi connectivity index (χ1n) is 7.66. The minimum atomic E-state index is -0.335. The van der Waals surface area contributed by atoms with Gasteiger partial charge in [0, 0.05) is 4.88 Å². The van der Waals surface area contributed by atoms with Crippen LogP contribution >= 0.6 is 11.3 Å². The Morgan fingerprint density at radius 1 is 0.840 bits per heavy atom. The second-order valence-corrected chi connectivity index (χ2v) is 6.25. The molecule has 0 unspecified atom stereocenters. The van der Waals surface area contributed by atoms with Gasteiger partial charge >= 0.3 is 5.97 Å². The van der Waals surface area contributed by atoms with Gasteiger partial charge in [-0.2, -0.15) is 0 Å². The third-order valence-electron chi connectivity index (χ3n) is 3.88. The number of rotatable bonds is 5. The van der Waals surface area contributed by atoms with Crippen molar-refractivity contribution in [3.05, 3.63) is 59.5 Å². The summed E-state index contributed by atoms with van der Waals surface area (Å²) in [6.07, 6.45) is 0. The molecule has 0 atom stereocenters. The Labute approximate surface area is 150 Å². The average molecular weight is 354 g/mol. The van der Waals surface area contributed by atoms with Crippen molar-refractivity contribution in [1.82, 2.24) is 0 Å². The van der Waals surface area contributed by atoms with E-state index in [0.29, 0.717) is 17.1 Å². The van der Waals surface area contributed by atoms with Crippen molar-refractivity contribution >= 4 is 17.3 Å². The Morgan fingerprint density at radius 3 is 2.36 bits per heavy atom. The van der Waals surface area contributed by atoms with Gasteiger partial charge in [0.1, 0.15) is 0 Å². The van der Waals surface area contributed by atoms with E-state index >= 15 is 0 Å². The summed E-state index contributed by atoms with van der Waals surface area (Å²) in [5, 5.41) is 2.08. The summed E-state index contributed by atoms with van der Waals surface area (Å²) in [7, 11) is 4.63. The van der Waals surface area contributed by atoms with Crippen LogP contribution in [0.3, 0.4) is 0 Å². The Morgan fingerprint density at radius 2 is 1.64 bits per heavy atom. The zero-order chi connectivity index (χ0) is 17.8. The number of hydrogen-bond acceptors (Lipinski definition) is 5. The molecule has 4 nitrogen and oxygen atoms in total. The molecule has 0 radical (unpaired) electrons. The lowest BCUT2D eigenvalue weighted by Crippen LogP contribution is -2.00. The number of esters is 1. The Hall–Kier alpha value is -2.79. The zero-order valence-corrected chi connectivity index (χ0v) is 15.1. The van der Waals surface area contributed by atoms with Gasteiger partial charge in [0.25, 0.3) is 0 Å². The molecule has 1 heterocycles. The lowest BCUT2D eigenvalue weighted by atomic mass is 10.1. The highest BCUT2D eigenvalue weighted by molar-refractivity contribution is 7.14. The second-order valence-electron chi connectivity index (χ2n) is 5.34. The molecule has 128 valence electrons. The number of carbonyl (C=O) groups excluding carboxylic acids is 1. The monoisotopic (exact) mass is 354 g/mol. The van der Waals surface area contributed by atoms with Crippen LogP contribution in [0, 0.1) is 0 Å². The minimum Gasteiger partial charge on any atom is -0.493 e. The van der Waals surface area contributed by atoms with Gasteiger partial charge in [0.05, 0.1) is 26.9 Å². The standard InChI is InChI=1S/C20H18O4S/c1-22-17-8-7-13(10-18(17)23-2)16-11-19(25-12-16)14-5-4-6-15(9-14)20(21)24-3/h4-12H,1-3H3. The van der Waals surface area contributed by atoms with Crippen molar-refractivity contribution in [2.45, 2.75) is 0 Å². The number of ether oxygens (including phenoxy) is 3. The van der Waals surface area contributed by atoms with Crippen molar-refractivity contribution in [3.63, 3.8) is 0 Å². The topological polar surface area (TPSA) is 44.8 Å². The highest BCUT2D eigenvalue weighted by atomic mass is 32.1. The fourth-order valence-electron chi connectivity index (χ4n) is 2.57. The summed E-state index contributed by atoms with van der Waals surface area (Å²) in [5.74, 6) is 1.06. The zero-order valence-electron chi connectivity index (χ0n) is 14.2. The van der Waals surface area contributed by atoms with Gasteiger partial charge in [0.15, 0.2) is 11.5 Å². The van der Waals surface area contributed by atoms with Gasteiger partial charge in [-0.15, -0.1) is 11.3 Å². The summed E-state index contributed by atoms with van der Waals surface area (Å²) in [6, 6.07) is 15.4. The van der Waals surface area contributed by atoms with Crippen LogP contribution in [0.4, 0.5) is 0 Å². The van der Waals surface area contributed by atoms with Crippen LogP contribution in [-0.2, 0) is 4.74 Å². The summed E-state index contributed by atoms with van der Waals surface area (Å²) in [5.41, 5.74) is 3.66. The molecule has 0 spiro atoms. The van der Waals surface area contributed by atoms with Crippen LogP contribution in [0.25, 0.3) is 21.6 Å². The first-order chi connectivity index (χ1) is 12.2. The van der Waals surface area contributed by atoms with Gasteiger partial charge in [-0.3, -0.25) is 0 Å². The molecular formula is C20H18O4S. The molecular weight excluding hydrogens is 336 g/mol. The van der Waals surface area contributed by atoms with E-state index in [0.717, 1.165) is 21.6 Å². The summed E-state index contributed by atoms with van der Waals surface area (Å²) in [6.45, 7) is 0. The number of hydrogen-bond donors (Lipinski definition) is 0. The number of thiophene rings is 1. The maximum Gasteiger partial charge on any atom is 0.337 e. The Balaban J connectivity index is 1.94. The summed E-state index contributed by atoms with van der Waals surface area (Å²) in [4.78, 5) is 12.8. The third kappa shape index (κ3) is 3.51. The molecule has 25 heavy (non-hydrogen) atoms. The van der Waals surface area contributed by atoms with Gasteiger partial charge < -0.3 is 14.2 Å². The predicted octanol–water partition coefficient (Wildman–Crippen LogP) is 4.89. The molecule has 0 amide bonds. The van der Waals surface area contributed by atoms with Gasteiger partial charge in [-0.05, 0) is 52.4 Å². The predicted molar refractivity (Wildman–Crippen MR) is 99.6 cm³/mol. The highest BCUT2D eigenvalue weighted by Crippen LogP contribution is 2.37. The first-order valence-corrected chi connectivity index (χ1v) is 8.54. The largest absolute Gasteiger partial charge is 0.493 e. The number of carbonyl (C=O) groups is 1.